The highest BCUT2D eigenvalue weighted by molar-refractivity contribution is 5.78. The first-order chi connectivity index (χ1) is 15.2. The number of hydrogen-bond donors (Lipinski definition) is 0. The molecule has 3 aromatic carbocycles. The highest BCUT2D eigenvalue weighted by atomic mass is 16.7. The summed E-state index contributed by atoms with van der Waals surface area (Å²) in [7, 11) is 0. The quantitative estimate of drug-likeness (QED) is 0.438. The molecule has 3 aromatic rings. The number of benzene rings is 3. The van der Waals surface area contributed by atoms with Crippen LogP contribution in [0.15, 0.2) is 91.0 Å². The molecule has 0 aromatic heterocycles. The van der Waals surface area contributed by atoms with Gasteiger partial charge in [0.25, 0.3) is 0 Å². The summed E-state index contributed by atoms with van der Waals surface area (Å²) in [4.78, 5) is 14.4. The molecule has 160 valence electrons. The molecule has 0 bridgehead atoms. The van der Waals surface area contributed by atoms with Crippen molar-refractivity contribution in [2.45, 2.75) is 38.3 Å². The van der Waals surface area contributed by atoms with Crippen molar-refractivity contribution < 1.29 is 14.3 Å². The fourth-order valence-electron chi connectivity index (χ4n) is 3.94. The largest absolute Gasteiger partial charge is 0.343 e. The molecule has 0 spiro atoms. The van der Waals surface area contributed by atoms with Crippen LogP contribution in [0.3, 0.4) is 0 Å². The van der Waals surface area contributed by atoms with Crippen LogP contribution in [0.5, 0.6) is 0 Å². The van der Waals surface area contributed by atoms with Crippen LogP contribution >= 0.6 is 0 Å². The molecule has 1 heterocycles. The van der Waals surface area contributed by atoms with Crippen molar-refractivity contribution in [1.82, 2.24) is 4.90 Å². The Hall–Kier alpha value is -2.95. The zero-order valence-electron chi connectivity index (χ0n) is 17.8. The van der Waals surface area contributed by atoms with Crippen LogP contribution in [-0.4, -0.2) is 29.7 Å². The molecule has 1 fully saturated rings. The van der Waals surface area contributed by atoms with Crippen LogP contribution in [0.2, 0.25) is 0 Å². The van der Waals surface area contributed by atoms with Crippen molar-refractivity contribution in [3.05, 3.63) is 108 Å². The molecule has 31 heavy (non-hydrogen) atoms. The van der Waals surface area contributed by atoms with E-state index in [1.165, 1.54) is 0 Å². The van der Waals surface area contributed by atoms with Gasteiger partial charge in [-0.2, -0.15) is 0 Å². The predicted octanol–water partition coefficient (Wildman–Crippen LogP) is 4.98. The van der Waals surface area contributed by atoms with Gasteiger partial charge in [0.1, 0.15) is 0 Å². The number of rotatable bonds is 10. The zero-order valence-corrected chi connectivity index (χ0v) is 17.8. The Morgan fingerprint density at radius 3 is 1.65 bits per heavy atom. The molecule has 1 amide bonds. The topological polar surface area (TPSA) is 38.8 Å². The number of hydrogen-bond acceptors (Lipinski definition) is 3. The highest BCUT2D eigenvalue weighted by Crippen LogP contribution is 2.27. The zero-order chi connectivity index (χ0) is 21.4. The van der Waals surface area contributed by atoms with Gasteiger partial charge in [-0.05, 0) is 23.1 Å². The first kappa shape index (κ1) is 21.3. The first-order valence-electron chi connectivity index (χ1n) is 10.9. The van der Waals surface area contributed by atoms with Gasteiger partial charge in [-0.25, -0.2) is 0 Å². The second-order valence-corrected chi connectivity index (χ2v) is 8.04. The van der Waals surface area contributed by atoms with E-state index >= 15 is 0 Å². The van der Waals surface area contributed by atoms with Crippen molar-refractivity contribution in [3.63, 3.8) is 0 Å². The van der Waals surface area contributed by atoms with Gasteiger partial charge < -0.3 is 14.4 Å². The molecule has 0 atom stereocenters. The van der Waals surface area contributed by atoms with E-state index in [1.54, 1.807) is 0 Å². The maximum Gasteiger partial charge on any atom is 0.222 e. The number of ether oxygens (including phenoxy) is 2. The van der Waals surface area contributed by atoms with E-state index in [0.717, 1.165) is 29.7 Å². The lowest BCUT2D eigenvalue weighted by molar-refractivity contribution is -0.255. The minimum absolute atomic E-state index is 0.170. The third-order valence-electron chi connectivity index (χ3n) is 5.61. The highest BCUT2D eigenvalue weighted by Gasteiger charge is 2.38. The van der Waals surface area contributed by atoms with Crippen molar-refractivity contribution in [2.75, 3.05) is 13.1 Å². The standard InChI is InChI=1S/C27H29NO3/c29-26-17-10-18-28(26)22-27(19-23-11-4-1-5-12-23,30-20-24-13-6-2-7-14-24)31-21-25-15-8-3-9-16-25/h1-9,11-16H,10,17-22H2. The number of amides is 1. The maximum absolute atomic E-state index is 12.5. The second-order valence-electron chi connectivity index (χ2n) is 8.04. The lowest BCUT2D eigenvalue weighted by Gasteiger charge is -2.37. The van der Waals surface area contributed by atoms with Crippen molar-refractivity contribution in [3.8, 4) is 0 Å². The Kier molecular flexibility index (Phi) is 7.13. The van der Waals surface area contributed by atoms with E-state index in [9.17, 15) is 4.79 Å². The number of likely N-dealkylation sites (tertiary alicyclic amines) is 1. The number of carbonyl (C=O) groups excluding carboxylic acids is 1. The summed E-state index contributed by atoms with van der Waals surface area (Å²) in [6.45, 7) is 2.01. The molecular weight excluding hydrogens is 386 g/mol. The average molecular weight is 416 g/mol. The van der Waals surface area contributed by atoms with E-state index in [1.807, 2.05) is 83.8 Å². The molecule has 0 unspecified atom stereocenters. The minimum Gasteiger partial charge on any atom is -0.343 e. The predicted molar refractivity (Wildman–Crippen MR) is 121 cm³/mol. The molecule has 4 rings (SSSR count). The third-order valence-corrected chi connectivity index (χ3v) is 5.61. The molecule has 0 aliphatic carbocycles. The molecule has 4 nitrogen and oxygen atoms in total. The monoisotopic (exact) mass is 415 g/mol. The minimum atomic E-state index is -0.937. The fraction of sp³-hybridized carbons (Fsp3) is 0.296. The molecule has 0 saturated carbocycles. The van der Waals surface area contributed by atoms with Crippen molar-refractivity contribution >= 4 is 5.91 Å². The maximum atomic E-state index is 12.5. The van der Waals surface area contributed by atoms with Crippen molar-refractivity contribution in [1.29, 1.82) is 0 Å². The SMILES string of the molecule is O=C1CCCN1CC(Cc1ccccc1)(OCc1ccccc1)OCc1ccccc1. The number of nitrogens with zero attached hydrogens (tertiary/aromatic N) is 1. The van der Waals surface area contributed by atoms with E-state index < -0.39 is 5.79 Å². The molecule has 1 saturated heterocycles. The van der Waals surface area contributed by atoms with E-state index in [-0.39, 0.29) is 5.91 Å². The summed E-state index contributed by atoms with van der Waals surface area (Å²) in [5, 5.41) is 0. The van der Waals surface area contributed by atoms with Crippen LogP contribution in [0, 0.1) is 0 Å². The lowest BCUT2D eigenvalue weighted by atomic mass is 10.0. The molecule has 4 heteroatoms. The number of carbonyl (C=O) groups is 1. The van der Waals surface area contributed by atoms with Crippen LogP contribution in [0.1, 0.15) is 29.5 Å². The molecular formula is C27H29NO3. The Bertz CT molecular complexity index is 900. The van der Waals surface area contributed by atoms with Gasteiger partial charge >= 0.3 is 0 Å². The molecule has 0 N–H and O–H groups in total. The van der Waals surface area contributed by atoms with E-state index in [4.69, 9.17) is 9.47 Å². The van der Waals surface area contributed by atoms with E-state index in [0.29, 0.717) is 32.6 Å². The van der Waals surface area contributed by atoms with Crippen molar-refractivity contribution in [2.24, 2.45) is 0 Å². The summed E-state index contributed by atoms with van der Waals surface area (Å²) in [5.41, 5.74) is 3.28. The Morgan fingerprint density at radius 2 is 1.19 bits per heavy atom. The molecule has 1 aliphatic heterocycles. The van der Waals surface area contributed by atoms with Gasteiger partial charge in [0.15, 0.2) is 5.79 Å². The summed E-state index contributed by atoms with van der Waals surface area (Å²) < 4.78 is 13.1. The van der Waals surface area contributed by atoms with E-state index in [2.05, 4.69) is 12.1 Å². The van der Waals surface area contributed by atoms with Gasteiger partial charge in [0.2, 0.25) is 5.91 Å². The van der Waals surface area contributed by atoms with Crippen LogP contribution in [-0.2, 0) is 33.9 Å². The Labute approximate surface area is 184 Å². The normalized spacial score (nSPS) is 14.2. The Morgan fingerprint density at radius 1 is 0.710 bits per heavy atom. The lowest BCUT2D eigenvalue weighted by Crippen LogP contribution is -2.49. The van der Waals surface area contributed by atoms with Crippen LogP contribution < -0.4 is 0 Å². The summed E-state index contributed by atoms with van der Waals surface area (Å²) >= 11 is 0. The van der Waals surface area contributed by atoms with Crippen LogP contribution in [0.4, 0.5) is 0 Å². The average Bonchev–Trinajstić information content (AvgIpc) is 3.22. The van der Waals surface area contributed by atoms with Gasteiger partial charge in [-0.15, -0.1) is 0 Å². The van der Waals surface area contributed by atoms with Gasteiger partial charge in [-0.3, -0.25) is 4.79 Å². The smallest absolute Gasteiger partial charge is 0.222 e. The fourth-order valence-corrected chi connectivity index (χ4v) is 3.94. The second kappa shape index (κ2) is 10.4. The van der Waals surface area contributed by atoms with Gasteiger partial charge in [-0.1, -0.05) is 91.0 Å². The molecule has 1 aliphatic rings. The summed E-state index contributed by atoms with van der Waals surface area (Å²) in [6, 6.07) is 30.4. The summed E-state index contributed by atoms with van der Waals surface area (Å²) in [5.74, 6) is -0.767. The van der Waals surface area contributed by atoms with Gasteiger partial charge in [0.05, 0.1) is 19.8 Å². The molecule has 0 radical (unpaired) electrons. The first-order valence-corrected chi connectivity index (χ1v) is 10.9. The summed E-state index contributed by atoms with van der Waals surface area (Å²) in [6.07, 6.45) is 2.05. The van der Waals surface area contributed by atoms with Gasteiger partial charge in [0, 0.05) is 19.4 Å². The third kappa shape index (κ3) is 6.03. The Balaban J connectivity index is 1.61. The van der Waals surface area contributed by atoms with Crippen LogP contribution in [0.25, 0.3) is 0 Å².